The minimum atomic E-state index is -0.590. The zero-order chi connectivity index (χ0) is 21.4. The maximum absolute atomic E-state index is 14.3. The monoisotopic (exact) mass is 424 g/mol. The molecule has 1 aromatic carbocycles. The van der Waals surface area contributed by atoms with E-state index in [0.717, 1.165) is 28.8 Å². The fourth-order valence-corrected chi connectivity index (χ4v) is 5.11. The van der Waals surface area contributed by atoms with Crippen molar-refractivity contribution in [3.8, 4) is 21.6 Å². The van der Waals surface area contributed by atoms with E-state index in [9.17, 15) is 9.18 Å². The molecule has 3 aromatic rings. The fourth-order valence-electron chi connectivity index (χ4n) is 3.82. The molecule has 1 fully saturated rings. The summed E-state index contributed by atoms with van der Waals surface area (Å²) in [4.78, 5) is 19.5. The second kappa shape index (κ2) is 8.01. The van der Waals surface area contributed by atoms with Crippen molar-refractivity contribution in [2.75, 3.05) is 13.1 Å². The van der Waals surface area contributed by atoms with E-state index in [-0.39, 0.29) is 17.6 Å². The van der Waals surface area contributed by atoms with E-state index >= 15 is 0 Å². The molecule has 1 atom stereocenters. The van der Waals surface area contributed by atoms with E-state index in [1.54, 1.807) is 17.0 Å². The number of hydrogen-bond donors (Lipinski definition) is 1. The van der Waals surface area contributed by atoms with Crippen LogP contribution in [0.2, 0.25) is 0 Å². The standard InChI is InChI=1S/C22H21FN4O2S/c1-12-20(13(2)29-26-12)21-16(14-6-7-18(25-3)17(23)9-14)10-19(30-21)22(28)27-8-4-5-15(24)11-27/h6-7,9-10,15H,4-5,8,11,24H2,1-2H3/t15-/m1/s1. The van der Waals surface area contributed by atoms with Gasteiger partial charge in [0.2, 0.25) is 5.69 Å². The van der Waals surface area contributed by atoms with E-state index in [4.69, 9.17) is 16.8 Å². The zero-order valence-electron chi connectivity index (χ0n) is 16.7. The zero-order valence-corrected chi connectivity index (χ0v) is 17.6. The Balaban J connectivity index is 1.83. The number of rotatable bonds is 3. The Morgan fingerprint density at radius 3 is 2.83 bits per heavy atom. The average Bonchev–Trinajstić information content (AvgIpc) is 3.30. The average molecular weight is 425 g/mol. The topological polar surface area (TPSA) is 76.7 Å². The molecule has 6 nitrogen and oxygen atoms in total. The first kappa shape index (κ1) is 20.3. The van der Waals surface area contributed by atoms with Crippen LogP contribution in [0.3, 0.4) is 0 Å². The van der Waals surface area contributed by atoms with Gasteiger partial charge in [-0.3, -0.25) is 4.79 Å². The summed E-state index contributed by atoms with van der Waals surface area (Å²) >= 11 is 1.34. The maximum atomic E-state index is 14.3. The first-order valence-corrected chi connectivity index (χ1v) is 10.5. The van der Waals surface area contributed by atoms with E-state index in [1.807, 2.05) is 13.8 Å². The minimum Gasteiger partial charge on any atom is -0.361 e. The lowest BCUT2D eigenvalue weighted by Gasteiger charge is -2.30. The Kier molecular flexibility index (Phi) is 5.41. The summed E-state index contributed by atoms with van der Waals surface area (Å²) in [6, 6.07) is 6.27. The Morgan fingerprint density at radius 1 is 1.40 bits per heavy atom. The number of aryl methyl sites for hydroxylation is 2. The van der Waals surface area contributed by atoms with Crippen LogP contribution in [0.25, 0.3) is 26.4 Å². The Bertz CT molecular complexity index is 1140. The third-order valence-corrected chi connectivity index (χ3v) is 6.47. The lowest BCUT2D eigenvalue weighted by Crippen LogP contribution is -2.45. The Hall–Kier alpha value is -3.02. The molecule has 3 heterocycles. The van der Waals surface area contributed by atoms with Gasteiger partial charge in [0.15, 0.2) is 0 Å². The number of thiophene rings is 1. The molecular formula is C22H21FN4O2S. The summed E-state index contributed by atoms with van der Waals surface area (Å²) in [6.45, 7) is 11.9. The Labute approximate surface area is 177 Å². The predicted octanol–water partition coefficient (Wildman–Crippen LogP) is 4.94. The highest BCUT2D eigenvalue weighted by atomic mass is 32.1. The normalized spacial score (nSPS) is 16.5. The van der Waals surface area contributed by atoms with Crippen molar-refractivity contribution in [3.63, 3.8) is 0 Å². The number of benzene rings is 1. The van der Waals surface area contributed by atoms with Gasteiger partial charge < -0.3 is 15.2 Å². The highest BCUT2D eigenvalue weighted by molar-refractivity contribution is 7.18. The van der Waals surface area contributed by atoms with Crippen LogP contribution in [0.1, 0.15) is 34.0 Å². The number of nitrogens with two attached hydrogens (primary N) is 1. The smallest absolute Gasteiger partial charge is 0.264 e. The first-order chi connectivity index (χ1) is 14.4. The van der Waals surface area contributed by atoms with Crippen molar-refractivity contribution in [2.24, 2.45) is 5.73 Å². The van der Waals surface area contributed by atoms with Gasteiger partial charge in [0, 0.05) is 29.6 Å². The van der Waals surface area contributed by atoms with Crippen LogP contribution < -0.4 is 5.73 Å². The summed E-state index contributed by atoms with van der Waals surface area (Å²) in [5.74, 6) is -0.0335. The third kappa shape index (κ3) is 3.62. The SMILES string of the molecule is [C-]#[N+]c1ccc(-c2cc(C(=O)N3CCC[C@@H](N)C3)sc2-c2c(C)noc2C)cc1F. The predicted molar refractivity (Wildman–Crippen MR) is 114 cm³/mol. The Morgan fingerprint density at radius 2 is 2.20 bits per heavy atom. The first-order valence-electron chi connectivity index (χ1n) is 9.68. The van der Waals surface area contributed by atoms with Gasteiger partial charge in [-0.05, 0) is 44.4 Å². The number of halogens is 1. The van der Waals surface area contributed by atoms with Crippen LogP contribution in [-0.4, -0.2) is 35.1 Å². The molecule has 8 heteroatoms. The molecule has 30 heavy (non-hydrogen) atoms. The van der Waals surface area contributed by atoms with E-state index < -0.39 is 5.82 Å². The van der Waals surface area contributed by atoms with Gasteiger partial charge in [0.1, 0.15) is 11.6 Å². The van der Waals surface area contributed by atoms with Crippen molar-refractivity contribution < 1.29 is 13.7 Å². The molecule has 1 amide bonds. The van der Waals surface area contributed by atoms with Crippen LogP contribution in [0.5, 0.6) is 0 Å². The lowest BCUT2D eigenvalue weighted by molar-refractivity contribution is 0.0714. The van der Waals surface area contributed by atoms with Crippen LogP contribution in [0.15, 0.2) is 28.8 Å². The molecule has 0 spiro atoms. The lowest BCUT2D eigenvalue weighted by atomic mass is 10.0. The van der Waals surface area contributed by atoms with E-state index in [1.165, 1.54) is 23.5 Å². The van der Waals surface area contributed by atoms with Crippen molar-refractivity contribution in [1.29, 1.82) is 0 Å². The summed E-state index contributed by atoms with van der Waals surface area (Å²) in [5, 5.41) is 4.03. The van der Waals surface area contributed by atoms with Crippen molar-refractivity contribution >= 4 is 22.9 Å². The number of carbonyl (C=O) groups is 1. The molecule has 0 radical (unpaired) electrons. The van der Waals surface area contributed by atoms with Crippen molar-refractivity contribution in [2.45, 2.75) is 32.7 Å². The molecule has 2 aromatic heterocycles. The van der Waals surface area contributed by atoms with Gasteiger partial charge in [0.25, 0.3) is 5.91 Å². The summed E-state index contributed by atoms with van der Waals surface area (Å²) < 4.78 is 19.7. The third-order valence-electron chi connectivity index (χ3n) is 5.33. The molecule has 154 valence electrons. The molecule has 1 aliphatic rings. The molecular weight excluding hydrogens is 403 g/mol. The number of nitrogens with zero attached hydrogens (tertiary/aromatic N) is 3. The van der Waals surface area contributed by atoms with Crippen LogP contribution >= 0.6 is 11.3 Å². The molecule has 1 aliphatic heterocycles. The number of likely N-dealkylation sites (tertiary alicyclic amines) is 1. The molecule has 4 rings (SSSR count). The largest absolute Gasteiger partial charge is 0.361 e. The van der Waals surface area contributed by atoms with Gasteiger partial charge in [-0.25, -0.2) is 9.24 Å². The molecule has 0 aliphatic carbocycles. The molecule has 1 saturated heterocycles. The quantitative estimate of drug-likeness (QED) is 0.604. The van der Waals surface area contributed by atoms with Crippen molar-refractivity contribution in [3.05, 3.63) is 57.8 Å². The van der Waals surface area contributed by atoms with Gasteiger partial charge in [0.05, 0.1) is 22.7 Å². The second-order valence-corrected chi connectivity index (χ2v) is 8.54. The molecule has 2 N–H and O–H groups in total. The highest BCUT2D eigenvalue weighted by Crippen LogP contribution is 2.43. The number of aromatic nitrogens is 1. The number of carbonyl (C=O) groups excluding carboxylic acids is 1. The fraction of sp³-hybridized carbons (Fsp3) is 0.318. The second-order valence-electron chi connectivity index (χ2n) is 7.48. The van der Waals surface area contributed by atoms with E-state index in [2.05, 4.69) is 10.0 Å². The van der Waals surface area contributed by atoms with Crippen LogP contribution in [0, 0.1) is 26.2 Å². The van der Waals surface area contributed by atoms with Gasteiger partial charge in [-0.1, -0.05) is 17.3 Å². The molecule has 0 bridgehead atoms. The number of hydrogen-bond acceptors (Lipinski definition) is 5. The highest BCUT2D eigenvalue weighted by Gasteiger charge is 2.27. The van der Waals surface area contributed by atoms with Gasteiger partial charge >= 0.3 is 0 Å². The minimum absolute atomic E-state index is 0.0144. The molecule has 0 saturated carbocycles. The molecule has 0 unspecified atom stereocenters. The van der Waals surface area contributed by atoms with Crippen molar-refractivity contribution in [1.82, 2.24) is 10.1 Å². The van der Waals surface area contributed by atoms with Gasteiger partial charge in [-0.2, -0.15) is 0 Å². The summed E-state index contributed by atoms with van der Waals surface area (Å²) in [5.41, 5.74) is 8.84. The summed E-state index contributed by atoms with van der Waals surface area (Å²) in [7, 11) is 0. The van der Waals surface area contributed by atoms with E-state index in [0.29, 0.717) is 35.0 Å². The number of amides is 1. The number of piperidine rings is 1. The maximum Gasteiger partial charge on any atom is 0.264 e. The van der Waals surface area contributed by atoms with Crippen LogP contribution in [-0.2, 0) is 0 Å². The van der Waals surface area contributed by atoms with Crippen LogP contribution in [0.4, 0.5) is 10.1 Å². The summed E-state index contributed by atoms with van der Waals surface area (Å²) in [6.07, 6.45) is 1.79. The van der Waals surface area contributed by atoms with Gasteiger partial charge in [-0.15, -0.1) is 11.3 Å².